The van der Waals surface area contributed by atoms with Crippen LogP contribution in [0, 0.1) is 0 Å². The number of carbonyl (C=O) groups is 1. The summed E-state index contributed by atoms with van der Waals surface area (Å²) in [5.74, 6) is 0.401. The van der Waals surface area contributed by atoms with E-state index in [0.29, 0.717) is 22.5 Å². The van der Waals surface area contributed by atoms with Crippen LogP contribution in [0.5, 0.6) is 0 Å². The largest absolute Gasteiger partial charge is 0.457 e. The number of esters is 1. The molecule has 9 heteroatoms. The Morgan fingerprint density at radius 2 is 2.03 bits per heavy atom. The number of carbonyl (C=O) groups excluding carboxylic acids is 1. The molecule has 0 unspecified atom stereocenters. The number of rotatable bonds is 5. The van der Waals surface area contributed by atoms with Gasteiger partial charge in [-0.3, -0.25) is 14.2 Å². The van der Waals surface area contributed by atoms with Crippen molar-refractivity contribution in [1.82, 2.24) is 19.5 Å². The van der Waals surface area contributed by atoms with Crippen molar-refractivity contribution in [1.29, 1.82) is 0 Å². The second-order valence-electron chi connectivity index (χ2n) is 7.59. The molecular formula is C22H21N5O3S. The van der Waals surface area contributed by atoms with Gasteiger partial charge in [0.2, 0.25) is 0 Å². The number of nitrogens with two attached hydrogens (primary N) is 1. The van der Waals surface area contributed by atoms with Crippen LogP contribution >= 0.6 is 11.3 Å². The van der Waals surface area contributed by atoms with Crippen molar-refractivity contribution in [3.63, 3.8) is 0 Å². The van der Waals surface area contributed by atoms with Crippen LogP contribution in [0.1, 0.15) is 35.5 Å². The van der Waals surface area contributed by atoms with Crippen LogP contribution in [0.25, 0.3) is 21.1 Å². The number of aryl methyl sites for hydroxylation is 3. The van der Waals surface area contributed by atoms with Crippen molar-refractivity contribution in [3.05, 3.63) is 57.2 Å². The SMILES string of the molecule is Nc1nc(COC(=O)CCn2cnc3ccccc3c2=O)nc2sc3c(c12)CCCC3. The van der Waals surface area contributed by atoms with E-state index in [1.165, 1.54) is 27.8 Å². The maximum Gasteiger partial charge on any atom is 0.308 e. The molecule has 5 rings (SSSR count). The van der Waals surface area contributed by atoms with Gasteiger partial charge in [-0.25, -0.2) is 15.0 Å². The highest BCUT2D eigenvalue weighted by molar-refractivity contribution is 7.19. The van der Waals surface area contributed by atoms with Gasteiger partial charge in [-0.05, 0) is 43.4 Å². The van der Waals surface area contributed by atoms with E-state index in [9.17, 15) is 9.59 Å². The van der Waals surface area contributed by atoms with Crippen LogP contribution in [0.4, 0.5) is 5.82 Å². The summed E-state index contributed by atoms with van der Waals surface area (Å²) in [6.07, 6.45) is 5.92. The molecule has 3 heterocycles. The molecular weight excluding hydrogens is 414 g/mol. The van der Waals surface area contributed by atoms with E-state index >= 15 is 0 Å². The molecule has 0 atom stereocenters. The first-order valence-corrected chi connectivity index (χ1v) is 11.1. The van der Waals surface area contributed by atoms with Gasteiger partial charge in [0.05, 0.1) is 29.0 Å². The predicted octanol–water partition coefficient (Wildman–Crippen LogP) is 3.00. The topological polar surface area (TPSA) is 113 Å². The predicted molar refractivity (Wildman–Crippen MR) is 119 cm³/mol. The molecule has 0 saturated carbocycles. The Bertz CT molecular complexity index is 1360. The van der Waals surface area contributed by atoms with E-state index in [1.54, 1.807) is 29.5 Å². The van der Waals surface area contributed by atoms with E-state index in [2.05, 4.69) is 15.0 Å². The van der Waals surface area contributed by atoms with Crippen LogP contribution < -0.4 is 11.3 Å². The first-order valence-electron chi connectivity index (χ1n) is 10.3. The highest BCUT2D eigenvalue weighted by Crippen LogP contribution is 2.37. The Labute approximate surface area is 181 Å². The van der Waals surface area contributed by atoms with Gasteiger partial charge in [-0.2, -0.15) is 0 Å². The summed E-state index contributed by atoms with van der Waals surface area (Å²) < 4.78 is 6.75. The van der Waals surface area contributed by atoms with Gasteiger partial charge in [-0.1, -0.05) is 12.1 Å². The number of thiophene rings is 1. The summed E-state index contributed by atoms with van der Waals surface area (Å²) in [5.41, 5.74) is 7.93. The highest BCUT2D eigenvalue weighted by atomic mass is 32.1. The minimum Gasteiger partial charge on any atom is -0.457 e. The lowest BCUT2D eigenvalue weighted by Gasteiger charge is -2.11. The van der Waals surface area contributed by atoms with E-state index < -0.39 is 5.97 Å². The summed E-state index contributed by atoms with van der Waals surface area (Å²) in [6.45, 7) is 0.140. The number of anilines is 1. The first kappa shape index (κ1) is 19.6. The Morgan fingerprint density at radius 3 is 2.94 bits per heavy atom. The quantitative estimate of drug-likeness (QED) is 0.479. The Morgan fingerprint density at radius 1 is 1.19 bits per heavy atom. The van der Waals surface area contributed by atoms with Gasteiger partial charge < -0.3 is 10.5 Å². The molecule has 8 nitrogen and oxygen atoms in total. The summed E-state index contributed by atoms with van der Waals surface area (Å²) in [5, 5.41) is 1.48. The summed E-state index contributed by atoms with van der Waals surface area (Å²) >= 11 is 1.66. The number of hydrogen-bond donors (Lipinski definition) is 1. The fourth-order valence-electron chi connectivity index (χ4n) is 3.99. The van der Waals surface area contributed by atoms with Crippen LogP contribution in [0.15, 0.2) is 35.4 Å². The van der Waals surface area contributed by atoms with Crippen molar-refractivity contribution < 1.29 is 9.53 Å². The zero-order chi connectivity index (χ0) is 21.4. The minimum absolute atomic E-state index is 0.0466. The van der Waals surface area contributed by atoms with Crippen LogP contribution in [0.2, 0.25) is 0 Å². The van der Waals surface area contributed by atoms with Crippen LogP contribution in [0.3, 0.4) is 0 Å². The van der Waals surface area contributed by atoms with Crippen molar-refractivity contribution in [2.45, 2.75) is 45.3 Å². The number of aromatic nitrogens is 4. The Hall–Kier alpha value is -3.33. The normalized spacial score (nSPS) is 13.4. The third kappa shape index (κ3) is 3.76. The van der Waals surface area contributed by atoms with Gasteiger partial charge in [0.15, 0.2) is 12.4 Å². The maximum absolute atomic E-state index is 12.5. The second-order valence-corrected chi connectivity index (χ2v) is 8.67. The highest BCUT2D eigenvalue weighted by Gasteiger charge is 2.20. The zero-order valence-corrected chi connectivity index (χ0v) is 17.7. The summed E-state index contributed by atoms with van der Waals surface area (Å²) in [7, 11) is 0. The number of nitrogens with zero attached hydrogens (tertiary/aromatic N) is 4. The van der Waals surface area contributed by atoms with Gasteiger partial charge in [-0.15, -0.1) is 11.3 Å². The second kappa shape index (κ2) is 8.07. The van der Waals surface area contributed by atoms with Gasteiger partial charge in [0.1, 0.15) is 10.6 Å². The number of fused-ring (bicyclic) bond motifs is 4. The standard InChI is InChI=1S/C22H21N5O3S/c23-20-19-14-6-2-4-8-16(14)31-21(19)26-17(25-20)11-30-18(28)9-10-27-12-24-15-7-3-1-5-13(15)22(27)29/h1,3,5,7,12H,2,4,6,8-11H2,(H2,23,25,26). The van der Waals surface area contributed by atoms with Gasteiger partial charge in [0.25, 0.3) is 5.56 Å². The molecule has 1 aliphatic carbocycles. The maximum atomic E-state index is 12.5. The molecule has 31 heavy (non-hydrogen) atoms. The van der Waals surface area contributed by atoms with Crippen molar-refractivity contribution >= 4 is 44.2 Å². The van der Waals surface area contributed by atoms with Crippen molar-refractivity contribution in [3.8, 4) is 0 Å². The van der Waals surface area contributed by atoms with Gasteiger partial charge in [0, 0.05) is 11.4 Å². The van der Waals surface area contributed by atoms with Crippen LogP contribution in [-0.2, 0) is 35.5 Å². The molecule has 0 radical (unpaired) electrons. The minimum atomic E-state index is -0.437. The molecule has 1 aromatic carbocycles. The molecule has 1 aliphatic rings. The molecule has 0 amide bonds. The number of benzene rings is 1. The lowest BCUT2D eigenvalue weighted by molar-refractivity contribution is -0.145. The number of nitrogen functional groups attached to an aromatic ring is 1. The van der Waals surface area contributed by atoms with Crippen molar-refractivity contribution in [2.75, 3.05) is 5.73 Å². The van der Waals surface area contributed by atoms with Crippen LogP contribution in [-0.4, -0.2) is 25.5 Å². The summed E-state index contributed by atoms with van der Waals surface area (Å²) in [6, 6.07) is 7.12. The third-order valence-electron chi connectivity index (χ3n) is 5.54. The zero-order valence-electron chi connectivity index (χ0n) is 16.8. The van der Waals surface area contributed by atoms with Crippen molar-refractivity contribution in [2.24, 2.45) is 0 Å². The molecule has 0 saturated heterocycles. The average Bonchev–Trinajstić information content (AvgIpc) is 3.16. The number of ether oxygens (including phenoxy) is 1. The molecule has 158 valence electrons. The first-order chi connectivity index (χ1) is 15.1. The van der Waals surface area contributed by atoms with E-state index in [0.717, 1.165) is 29.5 Å². The molecule has 3 aromatic heterocycles. The molecule has 0 fully saturated rings. The molecule has 2 N–H and O–H groups in total. The lowest BCUT2D eigenvalue weighted by Crippen LogP contribution is -2.22. The number of para-hydroxylation sites is 1. The lowest BCUT2D eigenvalue weighted by atomic mass is 9.97. The van der Waals surface area contributed by atoms with E-state index in [1.807, 2.05) is 6.07 Å². The molecule has 0 spiro atoms. The molecule has 0 bridgehead atoms. The molecule has 4 aromatic rings. The average molecular weight is 436 g/mol. The Balaban J connectivity index is 1.25. The fourth-order valence-corrected chi connectivity index (χ4v) is 5.28. The fraction of sp³-hybridized carbons (Fsp3) is 0.318. The number of hydrogen-bond acceptors (Lipinski definition) is 8. The third-order valence-corrected chi connectivity index (χ3v) is 6.73. The van der Waals surface area contributed by atoms with Gasteiger partial charge >= 0.3 is 5.97 Å². The van der Waals surface area contributed by atoms with E-state index in [4.69, 9.17) is 10.5 Å². The monoisotopic (exact) mass is 435 g/mol. The molecule has 0 aliphatic heterocycles. The smallest absolute Gasteiger partial charge is 0.308 e. The summed E-state index contributed by atoms with van der Waals surface area (Å²) in [4.78, 5) is 40.1. The Kier molecular flexibility index (Phi) is 5.11. The van der Waals surface area contributed by atoms with E-state index in [-0.39, 0.29) is 25.1 Å².